The molecule has 1 aromatic rings. The molecular weight excluding hydrogens is 330 g/mol. The molecule has 0 heterocycles. The average molecular weight is 355 g/mol. The molecule has 1 atom stereocenters. The molecule has 6 nitrogen and oxygen atoms in total. The van der Waals surface area contributed by atoms with E-state index in [0.29, 0.717) is 12.8 Å². The molecule has 1 amide bonds. The van der Waals surface area contributed by atoms with Crippen molar-refractivity contribution in [2.75, 3.05) is 5.75 Å². The molecular formula is C17H25NO5S. The van der Waals surface area contributed by atoms with Gasteiger partial charge in [-0.05, 0) is 43.0 Å². The number of carbonyl (C=O) groups excluding carboxylic acids is 1. The first-order valence-corrected chi connectivity index (χ1v) is 9.69. The van der Waals surface area contributed by atoms with Crippen LogP contribution in [-0.4, -0.2) is 37.2 Å². The van der Waals surface area contributed by atoms with Crippen LogP contribution in [0.25, 0.3) is 0 Å². The van der Waals surface area contributed by atoms with Gasteiger partial charge in [0.2, 0.25) is 0 Å². The van der Waals surface area contributed by atoms with Crippen molar-refractivity contribution in [2.24, 2.45) is 5.92 Å². The van der Waals surface area contributed by atoms with Gasteiger partial charge in [-0.15, -0.1) is 0 Å². The molecule has 0 aromatic heterocycles. The van der Waals surface area contributed by atoms with Gasteiger partial charge < -0.3 is 10.4 Å². The number of nitrogens with one attached hydrogen (secondary N) is 1. The summed E-state index contributed by atoms with van der Waals surface area (Å²) in [5, 5.41) is 11.6. The third kappa shape index (κ3) is 5.96. The summed E-state index contributed by atoms with van der Waals surface area (Å²) in [6.45, 7) is 5.66. The number of hydrogen-bond acceptors (Lipinski definition) is 4. The molecule has 0 aliphatic rings. The van der Waals surface area contributed by atoms with Crippen LogP contribution in [0.5, 0.6) is 0 Å². The Labute approximate surface area is 143 Å². The Morgan fingerprint density at radius 2 is 1.75 bits per heavy atom. The molecule has 0 radical (unpaired) electrons. The minimum atomic E-state index is -3.34. The van der Waals surface area contributed by atoms with E-state index in [1.165, 1.54) is 24.3 Å². The fourth-order valence-electron chi connectivity index (χ4n) is 2.20. The van der Waals surface area contributed by atoms with Gasteiger partial charge in [0.1, 0.15) is 6.04 Å². The second-order valence-electron chi connectivity index (χ2n) is 6.19. The zero-order valence-corrected chi connectivity index (χ0v) is 15.1. The monoisotopic (exact) mass is 355 g/mol. The zero-order valence-electron chi connectivity index (χ0n) is 14.3. The number of carbonyl (C=O) groups is 2. The molecule has 0 spiro atoms. The molecule has 1 aromatic carbocycles. The summed E-state index contributed by atoms with van der Waals surface area (Å²) in [4.78, 5) is 23.5. The van der Waals surface area contributed by atoms with Crippen molar-refractivity contribution < 1.29 is 23.1 Å². The fourth-order valence-corrected chi connectivity index (χ4v) is 3.66. The normalized spacial score (nSPS) is 12.8. The topological polar surface area (TPSA) is 101 Å². The highest BCUT2D eigenvalue weighted by atomic mass is 32.2. The second-order valence-corrected chi connectivity index (χ2v) is 8.30. The molecule has 0 unspecified atom stereocenters. The number of carboxylic acid groups (broad SMARTS) is 1. The standard InChI is InChI=1S/C17H25NO5S/c1-4-5-10-24(22,23)14-8-6-13(7-9-14)16(19)18-15(17(20)21)11-12(2)3/h6-9,12,15H,4-5,10-11H2,1-3H3,(H,18,19)(H,20,21)/t15-/m1/s1. The number of amides is 1. The number of carboxylic acids is 1. The van der Waals surface area contributed by atoms with Gasteiger partial charge >= 0.3 is 5.97 Å². The van der Waals surface area contributed by atoms with Crippen LogP contribution in [0.15, 0.2) is 29.2 Å². The Morgan fingerprint density at radius 1 is 1.17 bits per heavy atom. The Hall–Kier alpha value is -1.89. The Kier molecular flexibility index (Phi) is 7.41. The van der Waals surface area contributed by atoms with E-state index in [1.54, 1.807) is 0 Å². The third-order valence-electron chi connectivity index (χ3n) is 3.55. The van der Waals surface area contributed by atoms with Crippen LogP contribution in [0.1, 0.15) is 50.4 Å². The van der Waals surface area contributed by atoms with Gasteiger partial charge in [0.15, 0.2) is 9.84 Å². The van der Waals surface area contributed by atoms with E-state index in [2.05, 4.69) is 5.32 Å². The van der Waals surface area contributed by atoms with Crippen molar-refractivity contribution in [1.82, 2.24) is 5.32 Å². The molecule has 0 aliphatic heterocycles. The molecule has 134 valence electrons. The lowest BCUT2D eigenvalue weighted by Crippen LogP contribution is -2.41. The number of rotatable bonds is 9. The summed E-state index contributed by atoms with van der Waals surface area (Å²) < 4.78 is 24.2. The predicted molar refractivity (Wildman–Crippen MR) is 91.7 cm³/mol. The summed E-state index contributed by atoms with van der Waals surface area (Å²) in [5.74, 6) is -1.42. The van der Waals surface area contributed by atoms with Crippen LogP contribution < -0.4 is 5.32 Å². The van der Waals surface area contributed by atoms with Crippen molar-refractivity contribution in [1.29, 1.82) is 0 Å². The molecule has 0 bridgehead atoms. The van der Waals surface area contributed by atoms with Crippen LogP contribution >= 0.6 is 0 Å². The summed E-state index contributed by atoms with van der Waals surface area (Å²) in [6, 6.07) is 4.62. The van der Waals surface area contributed by atoms with Crippen LogP contribution in [-0.2, 0) is 14.6 Å². The lowest BCUT2D eigenvalue weighted by Gasteiger charge is -2.16. The van der Waals surface area contributed by atoms with Crippen LogP contribution in [0.4, 0.5) is 0 Å². The van der Waals surface area contributed by atoms with E-state index in [4.69, 9.17) is 5.11 Å². The quantitative estimate of drug-likeness (QED) is 0.709. The maximum absolute atomic E-state index is 12.2. The average Bonchev–Trinajstić information content (AvgIpc) is 2.52. The van der Waals surface area contributed by atoms with Crippen molar-refractivity contribution >= 4 is 21.7 Å². The van der Waals surface area contributed by atoms with E-state index < -0.39 is 27.8 Å². The van der Waals surface area contributed by atoms with E-state index in [-0.39, 0.29) is 22.1 Å². The highest BCUT2D eigenvalue weighted by molar-refractivity contribution is 7.91. The van der Waals surface area contributed by atoms with E-state index >= 15 is 0 Å². The number of sulfone groups is 1. The highest BCUT2D eigenvalue weighted by Crippen LogP contribution is 2.14. The van der Waals surface area contributed by atoms with Crippen molar-refractivity contribution in [3.05, 3.63) is 29.8 Å². The van der Waals surface area contributed by atoms with Gasteiger partial charge in [0, 0.05) is 5.56 Å². The third-order valence-corrected chi connectivity index (χ3v) is 5.37. The van der Waals surface area contributed by atoms with Crippen LogP contribution in [0.2, 0.25) is 0 Å². The molecule has 7 heteroatoms. The highest BCUT2D eigenvalue weighted by Gasteiger charge is 2.22. The number of unbranched alkanes of at least 4 members (excludes halogenated alkanes) is 1. The summed E-state index contributed by atoms with van der Waals surface area (Å²) in [6.07, 6.45) is 1.69. The smallest absolute Gasteiger partial charge is 0.326 e. The van der Waals surface area contributed by atoms with Crippen molar-refractivity contribution in [3.8, 4) is 0 Å². The maximum atomic E-state index is 12.2. The molecule has 24 heavy (non-hydrogen) atoms. The van der Waals surface area contributed by atoms with Gasteiger partial charge in [-0.1, -0.05) is 27.2 Å². The first-order chi connectivity index (χ1) is 11.2. The van der Waals surface area contributed by atoms with Gasteiger partial charge in [-0.25, -0.2) is 13.2 Å². The lowest BCUT2D eigenvalue weighted by atomic mass is 10.0. The Bertz CT molecular complexity index is 665. The summed E-state index contributed by atoms with van der Waals surface area (Å²) in [5.41, 5.74) is 0.236. The van der Waals surface area contributed by atoms with E-state index in [9.17, 15) is 18.0 Å². The Morgan fingerprint density at radius 3 is 2.21 bits per heavy atom. The minimum absolute atomic E-state index is 0.0739. The second kappa shape index (κ2) is 8.82. The Balaban J connectivity index is 2.84. The predicted octanol–water partition coefficient (Wildman–Crippen LogP) is 2.49. The molecule has 0 saturated heterocycles. The largest absolute Gasteiger partial charge is 0.480 e. The SMILES string of the molecule is CCCCS(=O)(=O)c1ccc(C(=O)N[C@H](CC(C)C)C(=O)O)cc1. The van der Waals surface area contributed by atoms with E-state index in [0.717, 1.165) is 6.42 Å². The molecule has 0 saturated carbocycles. The first-order valence-electron chi connectivity index (χ1n) is 8.04. The van der Waals surface area contributed by atoms with Crippen molar-refractivity contribution in [2.45, 2.75) is 51.0 Å². The summed E-state index contributed by atoms with van der Waals surface area (Å²) >= 11 is 0. The zero-order chi connectivity index (χ0) is 18.3. The first kappa shape index (κ1) is 20.2. The van der Waals surface area contributed by atoms with Gasteiger partial charge in [0.25, 0.3) is 5.91 Å². The van der Waals surface area contributed by atoms with Gasteiger partial charge in [0.05, 0.1) is 10.6 Å². The van der Waals surface area contributed by atoms with Gasteiger partial charge in [-0.3, -0.25) is 4.79 Å². The fraction of sp³-hybridized carbons (Fsp3) is 0.529. The molecule has 2 N–H and O–H groups in total. The van der Waals surface area contributed by atoms with Crippen LogP contribution in [0, 0.1) is 5.92 Å². The number of benzene rings is 1. The molecule has 1 rings (SSSR count). The number of hydrogen-bond donors (Lipinski definition) is 2. The maximum Gasteiger partial charge on any atom is 0.326 e. The van der Waals surface area contributed by atoms with E-state index in [1.807, 2.05) is 20.8 Å². The number of aliphatic carboxylic acids is 1. The minimum Gasteiger partial charge on any atom is -0.480 e. The molecule has 0 aliphatic carbocycles. The van der Waals surface area contributed by atoms with Crippen molar-refractivity contribution in [3.63, 3.8) is 0 Å². The lowest BCUT2D eigenvalue weighted by molar-refractivity contribution is -0.139. The van der Waals surface area contributed by atoms with Crippen LogP contribution in [0.3, 0.4) is 0 Å². The molecule has 0 fully saturated rings. The summed E-state index contributed by atoms with van der Waals surface area (Å²) in [7, 11) is -3.34. The van der Waals surface area contributed by atoms with Gasteiger partial charge in [-0.2, -0.15) is 0 Å².